The summed E-state index contributed by atoms with van der Waals surface area (Å²) in [4.78, 5) is 26.8. The highest BCUT2D eigenvalue weighted by molar-refractivity contribution is 5.93. The minimum absolute atomic E-state index is 0. The van der Waals surface area contributed by atoms with Gasteiger partial charge in [-0.2, -0.15) is 0 Å². The quantitative estimate of drug-likeness (QED) is 0.475. The molecule has 0 saturated heterocycles. The Balaban J connectivity index is 0.00000306. The summed E-state index contributed by atoms with van der Waals surface area (Å²) in [5, 5.41) is 11.3. The molecule has 0 bridgehead atoms. The van der Waals surface area contributed by atoms with Crippen molar-refractivity contribution in [3.05, 3.63) is 78.0 Å². The zero-order valence-electron chi connectivity index (χ0n) is 17.6. The van der Waals surface area contributed by atoms with Crippen LogP contribution in [0.5, 0.6) is 17.4 Å². The summed E-state index contributed by atoms with van der Waals surface area (Å²) in [5.41, 5.74) is 8.03. The van der Waals surface area contributed by atoms with E-state index < -0.39 is 17.9 Å². The molecule has 2 aromatic carbocycles. The number of nitrogens with two attached hydrogens (primary N) is 1. The normalized spacial score (nSPS) is 15.2. The molecule has 1 aliphatic heterocycles. The number of aliphatic carboxylic acids is 1. The maximum atomic E-state index is 11.8. The molecule has 1 aliphatic rings. The first-order valence-corrected chi connectivity index (χ1v) is 10.2. The van der Waals surface area contributed by atoms with Crippen LogP contribution in [0.1, 0.15) is 30.1 Å². The number of benzene rings is 2. The zero-order chi connectivity index (χ0) is 22.5. The number of pyridine rings is 1. The molecule has 2 atom stereocenters. The highest BCUT2D eigenvalue weighted by atomic mass is 35.5. The molecule has 0 radical (unpaired) electrons. The van der Waals surface area contributed by atoms with Gasteiger partial charge >= 0.3 is 5.97 Å². The van der Waals surface area contributed by atoms with Crippen molar-refractivity contribution in [3.8, 4) is 17.4 Å². The largest absolute Gasteiger partial charge is 0.485 e. The average molecular weight is 470 g/mol. The molecule has 4 rings (SSSR count). The molecule has 1 amide bonds. The first-order valence-electron chi connectivity index (χ1n) is 10.2. The molecule has 9 heteroatoms. The van der Waals surface area contributed by atoms with Crippen LogP contribution in [0.2, 0.25) is 0 Å². The van der Waals surface area contributed by atoms with Crippen LogP contribution in [0.25, 0.3) is 0 Å². The lowest BCUT2D eigenvalue weighted by Gasteiger charge is -2.26. The van der Waals surface area contributed by atoms with Crippen LogP contribution in [0.15, 0.2) is 66.9 Å². The molecule has 0 saturated carbocycles. The molecule has 2 heterocycles. The van der Waals surface area contributed by atoms with Gasteiger partial charge in [0.25, 0.3) is 0 Å². The number of carbonyl (C=O) groups excluding carboxylic acids is 1. The van der Waals surface area contributed by atoms with Gasteiger partial charge in [-0.05, 0) is 48.2 Å². The maximum Gasteiger partial charge on any atom is 0.321 e. The van der Waals surface area contributed by atoms with Gasteiger partial charge in [0.15, 0.2) is 0 Å². The summed E-state index contributed by atoms with van der Waals surface area (Å²) < 4.78 is 12.0. The van der Waals surface area contributed by atoms with Crippen molar-refractivity contribution >= 4 is 30.0 Å². The summed E-state index contributed by atoms with van der Waals surface area (Å²) in [7, 11) is 0. The molecule has 4 N–H and O–H groups in total. The molecular weight excluding hydrogens is 446 g/mol. The number of amides is 1. The monoisotopic (exact) mass is 469 g/mol. The van der Waals surface area contributed by atoms with Crippen molar-refractivity contribution in [2.75, 3.05) is 5.32 Å². The number of ether oxygens (including phenoxy) is 2. The van der Waals surface area contributed by atoms with E-state index in [1.54, 1.807) is 12.1 Å². The molecule has 0 spiro atoms. The van der Waals surface area contributed by atoms with E-state index in [0.29, 0.717) is 17.3 Å². The van der Waals surface area contributed by atoms with Gasteiger partial charge in [-0.15, -0.1) is 12.4 Å². The minimum Gasteiger partial charge on any atom is -0.485 e. The number of aryl methyl sites for hydroxylation is 1. The summed E-state index contributed by atoms with van der Waals surface area (Å²) in [5.74, 6) is 0.126. The molecule has 33 heavy (non-hydrogen) atoms. The fourth-order valence-electron chi connectivity index (χ4n) is 3.47. The van der Waals surface area contributed by atoms with Crippen molar-refractivity contribution in [2.45, 2.75) is 31.4 Å². The molecule has 0 fully saturated rings. The van der Waals surface area contributed by atoms with Gasteiger partial charge in [-0.25, -0.2) is 4.98 Å². The zero-order valence-corrected chi connectivity index (χ0v) is 18.5. The van der Waals surface area contributed by atoms with Gasteiger partial charge in [0, 0.05) is 6.07 Å². The summed E-state index contributed by atoms with van der Waals surface area (Å²) in [6.07, 6.45) is 2.92. The van der Waals surface area contributed by atoms with Gasteiger partial charge in [0.1, 0.15) is 23.6 Å². The molecule has 8 nitrogen and oxygen atoms in total. The van der Waals surface area contributed by atoms with Crippen molar-refractivity contribution in [1.29, 1.82) is 0 Å². The number of carbonyl (C=O) groups is 2. The SMILES string of the molecule is Cl.NC(CC(=O)Nc1ccc(Oc2ccc3c(c2)CCC(c2ccccc2)O3)nc1)C(=O)O. The predicted molar refractivity (Wildman–Crippen MR) is 125 cm³/mol. The lowest BCUT2D eigenvalue weighted by atomic mass is 9.97. The predicted octanol–water partition coefficient (Wildman–Crippen LogP) is 4.10. The summed E-state index contributed by atoms with van der Waals surface area (Å²) in [6.45, 7) is 0. The molecular formula is C24H24ClN3O5. The molecule has 3 aromatic rings. The fraction of sp³-hybridized carbons (Fsp3) is 0.208. The van der Waals surface area contributed by atoms with Gasteiger partial charge in [-0.1, -0.05) is 30.3 Å². The highest BCUT2D eigenvalue weighted by Gasteiger charge is 2.22. The number of carboxylic acid groups (broad SMARTS) is 1. The standard InChI is InChI=1S/C24H23N3O5.ClH/c25-19(24(29)30)13-22(28)27-17-7-11-23(26-14-17)31-18-8-10-21-16(12-18)6-9-20(32-21)15-4-2-1-3-5-15;/h1-5,7-8,10-12,14,19-20H,6,9,13,25H2,(H,27,28)(H,29,30);1H. The Bertz CT molecular complexity index is 1110. The number of fused-ring (bicyclic) bond motifs is 1. The van der Waals surface area contributed by atoms with Crippen molar-refractivity contribution in [1.82, 2.24) is 4.98 Å². The Labute approximate surface area is 197 Å². The number of hydrogen-bond donors (Lipinski definition) is 3. The van der Waals surface area contributed by atoms with Crippen LogP contribution < -0.4 is 20.5 Å². The summed E-state index contributed by atoms with van der Waals surface area (Å²) >= 11 is 0. The van der Waals surface area contributed by atoms with E-state index in [-0.39, 0.29) is 24.9 Å². The van der Waals surface area contributed by atoms with Crippen LogP contribution in [0, 0.1) is 0 Å². The number of halogens is 1. The van der Waals surface area contributed by atoms with Crippen LogP contribution in [0.4, 0.5) is 5.69 Å². The smallest absolute Gasteiger partial charge is 0.321 e. The van der Waals surface area contributed by atoms with Crippen molar-refractivity contribution < 1.29 is 24.2 Å². The van der Waals surface area contributed by atoms with Crippen LogP contribution in [0.3, 0.4) is 0 Å². The van der Waals surface area contributed by atoms with E-state index in [1.807, 2.05) is 36.4 Å². The number of anilines is 1. The Morgan fingerprint density at radius 1 is 1.18 bits per heavy atom. The number of aromatic nitrogens is 1. The summed E-state index contributed by atoms with van der Waals surface area (Å²) in [6, 6.07) is 17.8. The second-order valence-electron chi connectivity index (χ2n) is 7.51. The first-order chi connectivity index (χ1) is 15.5. The third-order valence-electron chi connectivity index (χ3n) is 5.11. The maximum absolute atomic E-state index is 11.8. The van der Waals surface area contributed by atoms with Gasteiger partial charge in [0.2, 0.25) is 11.8 Å². The third-order valence-corrected chi connectivity index (χ3v) is 5.11. The number of nitrogens with one attached hydrogen (secondary N) is 1. The number of nitrogens with zero attached hydrogens (tertiary/aromatic N) is 1. The van der Waals surface area contributed by atoms with Crippen molar-refractivity contribution in [2.24, 2.45) is 5.73 Å². The second kappa shape index (κ2) is 10.8. The molecule has 172 valence electrons. The lowest BCUT2D eigenvalue weighted by Crippen LogP contribution is -2.34. The second-order valence-corrected chi connectivity index (χ2v) is 7.51. The van der Waals surface area contributed by atoms with Gasteiger partial charge < -0.3 is 25.6 Å². The number of rotatable bonds is 7. The Morgan fingerprint density at radius 3 is 2.67 bits per heavy atom. The molecule has 0 aliphatic carbocycles. The van der Waals surface area contributed by atoms with E-state index in [0.717, 1.165) is 24.2 Å². The third kappa shape index (κ3) is 6.21. The first kappa shape index (κ1) is 24.0. The van der Waals surface area contributed by atoms with E-state index in [1.165, 1.54) is 11.8 Å². The lowest BCUT2D eigenvalue weighted by molar-refractivity contribution is -0.140. The number of carboxylic acids is 1. The Morgan fingerprint density at radius 2 is 1.97 bits per heavy atom. The van der Waals surface area contributed by atoms with Crippen LogP contribution in [-0.2, 0) is 16.0 Å². The van der Waals surface area contributed by atoms with Crippen LogP contribution in [-0.4, -0.2) is 28.0 Å². The van der Waals surface area contributed by atoms with Gasteiger partial charge in [-0.3, -0.25) is 9.59 Å². The highest BCUT2D eigenvalue weighted by Crippen LogP contribution is 2.37. The topological polar surface area (TPSA) is 124 Å². The average Bonchev–Trinajstić information content (AvgIpc) is 2.80. The van der Waals surface area contributed by atoms with Crippen molar-refractivity contribution in [3.63, 3.8) is 0 Å². The minimum atomic E-state index is -1.25. The fourth-order valence-corrected chi connectivity index (χ4v) is 3.47. The molecule has 1 aromatic heterocycles. The molecule has 2 unspecified atom stereocenters. The van der Waals surface area contributed by atoms with E-state index in [4.69, 9.17) is 20.3 Å². The van der Waals surface area contributed by atoms with E-state index in [2.05, 4.69) is 22.4 Å². The van der Waals surface area contributed by atoms with Crippen LogP contribution >= 0.6 is 12.4 Å². The Kier molecular flexibility index (Phi) is 7.87. The number of hydrogen-bond acceptors (Lipinski definition) is 6. The van der Waals surface area contributed by atoms with Gasteiger partial charge in [0.05, 0.1) is 18.3 Å². The van der Waals surface area contributed by atoms with E-state index >= 15 is 0 Å². The van der Waals surface area contributed by atoms with E-state index in [9.17, 15) is 9.59 Å². The Hall–Kier alpha value is -3.62.